The second-order valence-electron chi connectivity index (χ2n) is 6.14. The lowest BCUT2D eigenvalue weighted by atomic mass is 10.1. The maximum absolute atomic E-state index is 12.4. The first-order valence-corrected chi connectivity index (χ1v) is 8.44. The Bertz CT molecular complexity index is 964. The van der Waals surface area contributed by atoms with Crippen LogP contribution >= 0.6 is 0 Å². The van der Waals surface area contributed by atoms with E-state index < -0.39 is 5.97 Å². The summed E-state index contributed by atoms with van der Waals surface area (Å²) in [5, 5.41) is 11.7. The van der Waals surface area contributed by atoms with Gasteiger partial charge in [-0.2, -0.15) is 0 Å². The summed E-state index contributed by atoms with van der Waals surface area (Å²) in [4.78, 5) is 23.5. The summed E-state index contributed by atoms with van der Waals surface area (Å²) in [5.41, 5.74) is 3.19. The van der Waals surface area contributed by atoms with Crippen molar-refractivity contribution in [1.82, 2.24) is 0 Å². The van der Waals surface area contributed by atoms with E-state index in [4.69, 9.17) is 9.84 Å². The fourth-order valence-electron chi connectivity index (χ4n) is 2.51. The minimum atomic E-state index is -1.04. The summed E-state index contributed by atoms with van der Waals surface area (Å²) in [7, 11) is 0. The number of amides is 1. The third-order valence-corrected chi connectivity index (χ3v) is 3.99. The highest BCUT2D eigenvalue weighted by atomic mass is 16.5. The first kappa shape index (κ1) is 18.2. The largest absolute Gasteiger partial charge is 0.489 e. The van der Waals surface area contributed by atoms with E-state index in [1.807, 2.05) is 31.2 Å². The topological polar surface area (TPSA) is 75.6 Å². The normalized spacial score (nSPS) is 10.3. The smallest absolute Gasteiger partial charge is 0.335 e. The molecule has 5 heteroatoms. The number of rotatable bonds is 6. The minimum absolute atomic E-state index is 0.114. The van der Waals surface area contributed by atoms with E-state index in [0.717, 1.165) is 5.56 Å². The summed E-state index contributed by atoms with van der Waals surface area (Å²) < 4.78 is 5.77. The number of benzene rings is 3. The van der Waals surface area contributed by atoms with Crippen molar-refractivity contribution in [3.63, 3.8) is 0 Å². The Hall–Kier alpha value is -3.60. The summed E-state index contributed by atoms with van der Waals surface area (Å²) in [5.74, 6) is -0.793. The van der Waals surface area contributed by atoms with E-state index in [1.54, 1.807) is 36.4 Å². The van der Waals surface area contributed by atoms with Gasteiger partial charge in [0.15, 0.2) is 0 Å². The van der Waals surface area contributed by atoms with Gasteiger partial charge >= 0.3 is 5.97 Å². The number of aryl methyl sites for hydroxylation is 1. The van der Waals surface area contributed by atoms with Crippen LogP contribution in [0.4, 0.5) is 5.69 Å². The molecule has 0 saturated carbocycles. The van der Waals surface area contributed by atoms with Crippen molar-refractivity contribution in [2.75, 3.05) is 5.32 Å². The standard InChI is InChI=1S/C22H19NO4/c1-15-8-10-16(11-9-15)14-27-20-7-3-4-17(13-20)21(24)23-19-6-2-5-18(12-19)22(25)26/h2-13H,14H2,1H3,(H,23,24)(H,25,26). The molecule has 27 heavy (non-hydrogen) atoms. The predicted molar refractivity (Wildman–Crippen MR) is 103 cm³/mol. The maximum atomic E-state index is 12.4. The number of anilines is 1. The van der Waals surface area contributed by atoms with E-state index in [2.05, 4.69) is 5.32 Å². The van der Waals surface area contributed by atoms with Gasteiger partial charge in [0.1, 0.15) is 12.4 Å². The number of carboxylic acid groups (broad SMARTS) is 1. The Morgan fingerprint density at radius 2 is 1.63 bits per heavy atom. The molecule has 0 spiro atoms. The Balaban J connectivity index is 1.67. The van der Waals surface area contributed by atoms with Crippen LogP contribution in [0.2, 0.25) is 0 Å². The molecule has 0 aliphatic rings. The lowest BCUT2D eigenvalue weighted by Crippen LogP contribution is -2.12. The molecule has 0 fully saturated rings. The second kappa shape index (κ2) is 8.19. The van der Waals surface area contributed by atoms with E-state index in [9.17, 15) is 9.59 Å². The molecule has 0 aliphatic carbocycles. The first-order chi connectivity index (χ1) is 13.0. The molecule has 3 aromatic rings. The number of carboxylic acids is 1. The van der Waals surface area contributed by atoms with Crippen LogP contribution in [-0.2, 0) is 6.61 Å². The highest BCUT2D eigenvalue weighted by molar-refractivity contribution is 6.05. The summed E-state index contributed by atoms with van der Waals surface area (Å²) in [6.07, 6.45) is 0. The fourth-order valence-corrected chi connectivity index (χ4v) is 2.51. The van der Waals surface area contributed by atoms with Crippen molar-refractivity contribution < 1.29 is 19.4 Å². The number of hydrogen-bond acceptors (Lipinski definition) is 3. The van der Waals surface area contributed by atoms with Crippen LogP contribution in [0.5, 0.6) is 5.75 Å². The molecule has 2 N–H and O–H groups in total. The van der Waals surface area contributed by atoms with Crippen LogP contribution < -0.4 is 10.1 Å². The Kier molecular flexibility index (Phi) is 5.52. The molecule has 0 saturated heterocycles. The van der Waals surface area contributed by atoms with Crippen LogP contribution in [0.3, 0.4) is 0 Å². The van der Waals surface area contributed by atoms with Gasteiger partial charge in [-0.3, -0.25) is 4.79 Å². The molecule has 136 valence electrons. The van der Waals surface area contributed by atoms with E-state index in [0.29, 0.717) is 23.6 Å². The number of ether oxygens (including phenoxy) is 1. The molecule has 0 aliphatic heterocycles. The van der Waals surface area contributed by atoms with Gasteiger partial charge in [-0.1, -0.05) is 42.0 Å². The zero-order valence-electron chi connectivity index (χ0n) is 14.8. The third kappa shape index (κ3) is 4.95. The van der Waals surface area contributed by atoms with Gasteiger partial charge in [-0.25, -0.2) is 4.79 Å². The van der Waals surface area contributed by atoms with Crippen LogP contribution in [0, 0.1) is 6.92 Å². The molecule has 0 radical (unpaired) electrons. The molecular formula is C22H19NO4. The minimum Gasteiger partial charge on any atom is -0.489 e. The summed E-state index contributed by atoms with van der Waals surface area (Å²) in [6, 6.07) is 21.0. The lowest BCUT2D eigenvalue weighted by molar-refractivity contribution is 0.0696. The number of carbonyl (C=O) groups excluding carboxylic acids is 1. The average molecular weight is 361 g/mol. The molecule has 0 heterocycles. The van der Waals surface area contributed by atoms with Crippen molar-refractivity contribution in [3.8, 4) is 5.75 Å². The van der Waals surface area contributed by atoms with Crippen LogP contribution in [-0.4, -0.2) is 17.0 Å². The molecule has 1 amide bonds. The fraction of sp³-hybridized carbons (Fsp3) is 0.0909. The van der Waals surface area contributed by atoms with Crippen molar-refractivity contribution in [2.24, 2.45) is 0 Å². The van der Waals surface area contributed by atoms with E-state index in [-0.39, 0.29) is 11.5 Å². The van der Waals surface area contributed by atoms with Crippen molar-refractivity contribution in [1.29, 1.82) is 0 Å². The van der Waals surface area contributed by atoms with Crippen LogP contribution in [0.25, 0.3) is 0 Å². The second-order valence-corrected chi connectivity index (χ2v) is 6.14. The Morgan fingerprint density at radius 1 is 0.926 bits per heavy atom. The Labute approximate surface area is 157 Å². The van der Waals surface area contributed by atoms with Gasteiger partial charge in [0.05, 0.1) is 5.56 Å². The Morgan fingerprint density at radius 3 is 2.37 bits per heavy atom. The zero-order chi connectivity index (χ0) is 19.2. The number of hydrogen-bond donors (Lipinski definition) is 2. The molecule has 0 bridgehead atoms. The maximum Gasteiger partial charge on any atom is 0.335 e. The van der Waals surface area contributed by atoms with E-state index in [1.165, 1.54) is 17.7 Å². The molecule has 0 atom stereocenters. The van der Waals surface area contributed by atoms with Gasteiger partial charge in [0.25, 0.3) is 5.91 Å². The first-order valence-electron chi connectivity index (χ1n) is 8.44. The lowest BCUT2D eigenvalue weighted by Gasteiger charge is -2.09. The quantitative estimate of drug-likeness (QED) is 0.677. The van der Waals surface area contributed by atoms with Gasteiger partial charge < -0.3 is 15.2 Å². The predicted octanol–water partition coefficient (Wildman–Crippen LogP) is 4.52. The highest BCUT2D eigenvalue weighted by Gasteiger charge is 2.09. The van der Waals surface area contributed by atoms with Crippen LogP contribution in [0.1, 0.15) is 31.8 Å². The van der Waals surface area contributed by atoms with Crippen LogP contribution in [0.15, 0.2) is 72.8 Å². The SMILES string of the molecule is Cc1ccc(COc2cccc(C(=O)Nc3cccc(C(=O)O)c3)c2)cc1. The number of carbonyl (C=O) groups is 2. The summed E-state index contributed by atoms with van der Waals surface area (Å²) >= 11 is 0. The van der Waals surface area contributed by atoms with Crippen molar-refractivity contribution >= 4 is 17.6 Å². The van der Waals surface area contributed by atoms with Gasteiger partial charge in [0, 0.05) is 11.3 Å². The van der Waals surface area contributed by atoms with Gasteiger partial charge in [-0.05, 0) is 48.9 Å². The highest BCUT2D eigenvalue weighted by Crippen LogP contribution is 2.18. The number of nitrogens with one attached hydrogen (secondary N) is 1. The monoisotopic (exact) mass is 361 g/mol. The molecule has 5 nitrogen and oxygen atoms in total. The number of aromatic carboxylic acids is 1. The summed E-state index contributed by atoms with van der Waals surface area (Å²) in [6.45, 7) is 2.44. The zero-order valence-corrected chi connectivity index (χ0v) is 14.8. The molecular weight excluding hydrogens is 342 g/mol. The molecule has 3 rings (SSSR count). The molecule has 0 unspecified atom stereocenters. The molecule has 0 aromatic heterocycles. The van der Waals surface area contributed by atoms with Gasteiger partial charge in [0.2, 0.25) is 0 Å². The van der Waals surface area contributed by atoms with E-state index >= 15 is 0 Å². The third-order valence-electron chi connectivity index (χ3n) is 3.99. The average Bonchev–Trinajstić information content (AvgIpc) is 2.68. The van der Waals surface area contributed by atoms with Gasteiger partial charge in [-0.15, -0.1) is 0 Å². The molecule has 3 aromatic carbocycles. The van der Waals surface area contributed by atoms with Crippen molar-refractivity contribution in [3.05, 3.63) is 95.1 Å². The van der Waals surface area contributed by atoms with Crippen molar-refractivity contribution in [2.45, 2.75) is 13.5 Å².